The second kappa shape index (κ2) is 5.61. The number of pyridine rings is 1. The minimum absolute atomic E-state index is 0.0399. The van der Waals surface area contributed by atoms with Crippen LogP contribution >= 0.6 is 0 Å². The van der Waals surface area contributed by atoms with E-state index in [9.17, 15) is 9.18 Å². The van der Waals surface area contributed by atoms with Crippen molar-refractivity contribution >= 4 is 11.7 Å². The molecule has 94 valence electrons. The third-order valence-electron chi connectivity index (χ3n) is 2.58. The fourth-order valence-electron chi connectivity index (χ4n) is 1.68. The summed E-state index contributed by atoms with van der Waals surface area (Å²) in [7, 11) is 1.57. The zero-order valence-electron chi connectivity index (χ0n) is 10.6. The Morgan fingerprint density at radius 3 is 2.71 bits per heavy atom. The van der Waals surface area contributed by atoms with E-state index in [2.05, 4.69) is 10.3 Å². The van der Waals surface area contributed by atoms with Crippen LogP contribution in [0.2, 0.25) is 0 Å². The molecule has 0 unspecified atom stereocenters. The van der Waals surface area contributed by atoms with Gasteiger partial charge in [-0.05, 0) is 26.8 Å². The summed E-state index contributed by atoms with van der Waals surface area (Å²) in [6, 6.07) is 1.45. The standard InChI is InChI=1S/C12H18FN3O/c1-5-16(8(2)3)12(17)9-6-7-15-11(14-4)10(9)13/h6-8H,5H2,1-4H3,(H,14,15). The predicted molar refractivity (Wildman–Crippen MR) is 65.6 cm³/mol. The molecule has 0 aliphatic heterocycles. The van der Waals surface area contributed by atoms with Gasteiger partial charge >= 0.3 is 0 Å². The lowest BCUT2D eigenvalue weighted by Gasteiger charge is -2.25. The maximum Gasteiger partial charge on any atom is 0.257 e. The Labute approximate surface area is 101 Å². The van der Waals surface area contributed by atoms with Gasteiger partial charge in [-0.25, -0.2) is 9.37 Å². The maximum absolute atomic E-state index is 13.9. The van der Waals surface area contributed by atoms with E-state index in [4.69, 9.17) is 0 Å². The van der Waals surface area contributed by atoms with E-state index >= 15 is 0 Å². The lowest BCUT2D eigenvalue weighted by Crippen LogP contribution is -2.37. The zero-order chi connectivity index (χ0) is 13.0. The van der Waals surface area contributed by atoms with Crippen molar-refractivity contribution in [3.8, 4) is 0 Å². The van der Waals surface area contributed by atoms with Crippen LogP contribution in [-0.2, 0) is 0 Å². The molecule has 0 saturated heterocycles. The molecule has 17 heavy (non-hydrogen) atoms. The highest BCUT2D eigenvalue weighted by Gasteiger charge is 2.21. The molecule has 0 aromatic carbocycles. The van der Waals surface area contributed by atoms with Gasteiger partial charge in [-0.15, -0.1) is 0 Å². The second-order valence-electron chi connectivity index (χ2n) is 3.96. The normalized spacial score (nSPS) is 10.5. The average molecular weight is 239 g/mol. The van der Waals surface area contributed by atoms with Crippen molar-refractivity contribution in [2.45, 2.75) is 26.8 Å². The van der Waals surface area contributed by atoms with E-state index in [0.717, 1.165) is 0 Å². The molecular formula is C12H18FN3O. The molecule has 0 bridgehead atoms. The third-order valence-corrected chi connectivity index (χ3v) is 2.58. The number of hydrogen-bond donors (Lipinski definition) is 1. The molecule has 1 aromatic rings. The molecule has 0 spiro atoms. The lowest BCUT2D eigenvalue weighted by molar-refractivity contribution is 0.0712. The Bertz CT molecular complexity index is 407. The van der Waals surface area contributed by atoms with Crippen LogP contribution in [0.4, 0.5) is 10.2 Å². The van der Waals surface area contributed by atoms with E-state index in [1.807, 2.05) is 20.8 Å². The fourth-order valence-corrected chi connectivity index (χ4v) is 1.68. The molecule has 1 heterocycles. The van der Waals surface area contributed by atoms with Gasteiger partial charge in [0.1, 0.15) is 0 Å². The summed E-state index contributed by atoms with van der Waals surface area (Å²) in [5.41, 5.74) is 0.0555. The van der Waals surface area contributed by atoms with Crippen LogP contribution < -0.4 is 5.32 Å². The fraction of sp³-hybridized carbons (Fsp3) is 0.500. The number of nitrogens with zero attached hydrogens (tertiary/aromatic N) is 2. The number of amides is 1. The maximum atomic E-state index is 13.9. The smallest absolute Gasteiger partial charge is 0.257 e. The highest BCUT2D eigenvalue weighted by atomic mass is 19.1. The number of carbonyl (C=O) groups is 1. The van der Waals surface area contributed by atoms with E-state index < -0.39 is 5.82 Å². The molecular weight excluding hydrogens is 221 g/mol. The molecule has 5 heteroatoms. The number of hydrogen-bond acceptors (Lipinski definition) is 3. The average Bonchev–Trinajstić information content (AvgIpc) is 2.29. The van der Waals surface area contributed by atoms with E-state index in [1.165, 1.54) is 12.3 Å². The van der Waals surface area contributed by atoms with Crippen molar-refractivity contribution in [2.75, 3.05) is 18.9 Å². The van der Waals surface area contributed by atoms with Gasteiger partial charge in [-0.3, -0.25) is 4.79 Å². The molecule has 0 aliphatic rings. The van der Waals surface area contributed by atoms with E-state index in [0.29, 0.717) is 6.54 Å². The Morgan fingerprint density at radius 2 is 2.24 bits per heavy atom. The third kappa shape index (κ3) is 2.72. The monoisotopic (exact) mass is 239 g/mol. The highest BCUT2D eigenvalue weighted by Crippen LogP contribution is 2.17. The number of anilines is 1. The molecule has 1 rings (SSSR count). The van der Waals surface area contributed by atoms with Gasteiger partial charge in [-0.2, -0.15) is 0 Å². The molecule has 4 nitrogen and oxygen atoms in total. The summed E-state index contributed by atoms with van der Waals surface area (Å²) in [5.74, 6) is -0.811. The molecule has 1 aromatic heterocycles. The summed E-state index contributed by atoms with van der Waals surface area (Å²) in [6.07, 6.45) is 1.43. The molecule has 1 N–H and O–H groups in total. The molecule has 1 amide bonds. The van der Waals surface area contributed by atoms with E-state index in [-0.39, 0.29) is 23.3 Å². The Hall–Kier alpha value is -1.65. The van der Waals surface area contributed by atoms with Gasteiger partial charge in [0, 0.05) is 25.8 Å². The molecule has 0 fully saturated rings. The van der Waals surface area contributed by atoms with Crippen LogP contribution in [0.15, 0.2) is 12.3 Å². The summed E-state index contributed by atoms with van der Waals surface area (Å²) in [5, 5.41) is 2.62. The quantitative estimate of drug-likeness (QED) is 0.875. The minimum atomic E-state index is -0.598. The lowest BCUT2D eigenvalue weighted by atomic mass is 10.2. The first-order valence-electron chi connectivity index (χ1n) is 5.66. The van der Waals surface area contributed by atoms with Crippen LogP contribution in [0.1, 0.15) is 31.1 Å². The Kier molecular flexibility index (Phi) is 4.43. The number of halogens is 1. The van der Waals surface area contributed by atoms with Gasteiger partial charge in [-0.1, -0.05) is 0 Å². The largest absolute Gasteiger partial charge is 0.371 e. The van der Waals surface area contributed by atoms with Crippen molar-refractivity contribution < 1.29 is 9.18 Å². The van der Waals surface area contributed by atoms with Gasteiger partial charge in [0.05, 0.1) is 5.56 Å². The van der Waals surface area contributed by atoms with Crippen LogP contribution in [0, 0.1) is 5.82 Å². The van der Waals surface area contributed by atoms with Gasteiger partial charge in [0.25, 0.3) is 5.91 Å². The van der Waals surface area contributed by atoms with Crippen LogP contribution in [0.5, 0.6) is 0 Å². The zero-order valence-corrected chi connectivity index (χ0v) is 10.6. The summed E-state index contributed by atoms with van der Waals surface area (Å²) < 4.78 is 13.9. The van der Waals surface area contributed by atoms with Gasteiger partial charge in [0.2, 0.25) is 0 Å². The number of rotatable bonds is 4. The van der Waals surface area contributed by atoms with Gasteiger partial charge in [0.15, 0.2) is 11.6 Å². The van der Waals surface area contributed by atoms with Gasteiger partial charge < -0.3 is 10.2 Å². The van der Waals surface area contributed by atoms with Crippen molar-refractivity contribution in [1.29, 1.82) is 0 Å². The van der Waals surface area contributed by atoms with Crippen molar-refractivity contribution in [3.05, 3.63) is 23.6 Å². The van der Waals surface area contributed by atoms with Crippen LogP contribution in [-0.4, -0.2) is 35.4 Å². The molecule has 0 atom stereocenters. The molecule has 0 aliphatic carbocycles. The Morgan fingerprint density at radius 1 is 1.59 bits per heavy atom. The summed E-state index contributed by atoms with van der Waals surface area (Å²) in [6.45, 7) is 6.22. The topological polar surface area (TPSA) is 45.2 Å². The van der Waals surface area contributed by atoms with Crippen molar-refractivity contribution in [3.63, 3.8) is 0 Å². The van der Waals surface area contributed by atoms with E-state index in [1.54, 1.807) is 11.9 Å². The summed E-state index contributed by atoms with van der Waals surface area (Å²) in [4.78, 5) is 17.6. The predicted octanol–water partition coefficient (Wildman–Crippen LogP) is 2.13. The molecule has 0 radical (unpaired) electrons. The van der Waals surface area contributed by atoms with Crippen LogP contribution in [0.3, 0.4) is 0 Å². The summed E-state index contributed by atoms with van der Waals surface area (Å²) >= 11 is 0. The SMILES string of the molecule is CCN(C(=O)c1ccnc(NC)c1F)C(C)C. The second-order valence-corrected chi connectivity index (χ2v) is 3.96. The van der Waals surface area contributed by atoms with Crippen molar-refractivity contribution in [1.82, 2.24) is 9.88 Å². The number of aromatic nitrogens is 1. The molecule has 0 saturated carbocycles. The van der Waals surface area contributed by atoms with Crippen molar-refractivity contribution in [2.24, 2.45) is 0 Å². The van der Waals surface area contributed by atoms with Crippen LogP contribution in [0.25, 0.3) is 0 Å². The Balaban J connectivity index is 3.11. The minimum Gasteiger partial charge on any atom is -0.371 e. The first-order valence-corrected chi connectivity index (χ1v) is 5.66. The highest BCUT2D eigenvalue weighted by molar-refractivity contribution is 5.95. The first-order chi connectivity index (χ1) is 8.02. The first kappa shape index (κ1) is 13.4. The number of carbonyl (C=O) groups excluding carboxylic acids is 1. The number of nitrogens with one attached hydrogen (secondary N) is 1.